The Morgan fingerprint density at radius 2 is 1.92 bits per heavy atom. The molecule has 26 heavy (non-hydrogen) atoms. The van der Waals surface area contributed by atoms with Crippen molar-refractivity contribution in [1.82, 2.24) is 10.6 Å². The molecule has 1 saturated carbocycles. The second kappa shape index (κ2) is 9.71. The molecule has 0 radical (unpaired) electrons. The van der Waals surface area contributed by atoms with Crippen molar-refractivity contribution in [2.75, 3.05) is 14.2 Å². The van der Waals surface area contributed by atoms with Gasteiger partial charge in [0.25, 0.3) is 5.91 Å². The molecule has 1 aromatic carbocycles. The van der Waals surface area contributed by atoms with Gasteiger partial charge < -0.3 is 20.1 Å². The molecule has 1 atom stereocenters. The highest BCUT2D eigenvalue weighted by Gasteiger charge is 2.18. The van der Waals surface area contributed by atoms with Crippen molar-refractivity contribution in [3.05, 3.63) is 35.5 Å². The first-order chi connectivity index (χ1) is 12.6. The first-order valence-electron chi connectivity index (χ1n) is 8.98. The lowest BCUT2D eigenvalue weighted by molar-refractivity contribution is -0.118. The number of carbonyl (C=O) groups is 1. The Hall–Kier alpha value is -2.68. The molecule has 1 aliphatic carbocycles. The third kappa shape index (κ3) is 5.16. The summed E-state index contributed by atoms with van der Waals surface area (Å²) < 4.78 is 10.5. The van der Waals surface area contributed by atoms with Crippen LogP contribution in [0, 0.1) is 11.3 Å². The summed E-state index contributed by atoms with van der Waals surface area (Å²) in [6.07, 6.45) is 6.94. The van der Waals surface area contributed by atoms with Crippen LogP contribution in [0.4, 0.5) is 0 Å². The molecule has 0 aromatic heterocycles. The number of carbonyl (C=O) groups excluding carboxylic acids is 1. The predicted molar refractivity (Wildman–Crippen MR) is 99.8 cm³/mol. The molecule has 2 rings (SSSR count). The maximum Gasteiger partial charge on any atom is 0.263 e. The molecule has 0 saturated heterocycles. The second-order valence-electron chi connectivity index (χ2n) is 6.48. The third-order valence-corrected chi connectivity index (χ3v) is 4.69. The van der Waals surface area contributed by atoms with E-state index >= 15 is 0 Å². The Bertz CT molecular complexity index is 688. The van der Waals surface area contributed by atoms with E-state index in [-0.39, 0.29) is 23.6 Å². The van der Waals surface area contributed by atoms with Gasteiger partial charge in [-0.05, 0) is 37.5 Å². The van der Waals surface area contributed by atoms with E-state index in [4.69, 9.17) is 9.47 Å². The van der Waals surface area contributed by atoms with Crippen LogP contribution in [0.2, 0.25) is 0 Å². The fourth-order valence-corrected chi connectivity index (χ4v) is 3.09. The molecule has 1 aromatic rings. The minimum Gasteiger partial charge on any atom is -0.493 e. The van der Waals surface area contributed by atoms with Crippen molar-refractivity contribution in [2.24, 2.45) is 0 Å². The van der Waals surface area contributed by atoms with Gasteiger partial charge in [0.1, 0.15) is 11.6 Å². The number of nitrogens with one attached hydrogen (secondary N) is 2. The average molecular weight is 357 g/mol. The first kappa shape index (κ1) is 19.6. The smallest absolute Gasteiger partial charge is 0.263 e. The number of nitrogens with zero attached hydrogens (tertiary/aromatic N) is 1. The van der Waals surface area contributed by atoms with Gasteiger partial charge in [0.05, 0.1) is 14.2 Å². The van der Waals surface area contributed by atoms with Crippen LogP contribution in [0.25, 0.3) is 0 Å². The van der Waals surface area contributed by atoms with E-state index in [2.05, 4.69) is 10.6 Å². The molecule has 2 N–H and O–H groups in total. The second-order valence-corrected chi connectivity index (χ2v) is 6.48. The van der Waals surface area contributed by atoms with Crippen LogP contribution in [0.15, 0.2) is 30.0 Å². The largest absolute Gasteiger partial charge is 0.493 e. The first-order valence-corrected chi connectivity index (χ1v) is 8.98. The lowest BCUT2D eigenvalue weighted by atomic mass is 9.95. The number of benzene rings is 1. The Morgan fingerprint density at radius 3 is 2.54 bits per heavy atom. The molecule has 6 nitrogen and oxygen atoms in total. The lowest BCUT2D eigenvalue weighted by Crippen LogP contribution is -2.37. The van der Waals surface area contributed by atoms with Crippen LogP contribution in [0.5, 0.6) is 11.5 Å². The lowest BCUT2D eigenvalue weighted by Gasteiger charge is -2.22. The monoisotopic (exact) mass is 357 g/mol. The fraction of sp³-hybridized carbons (Fsp3) is 0.500. The van der Waals surface area contributed by atoms with Crippen LogP contribution in [-0.2, 0) is 4.79 Å². The van der Waals surface area contributed by atoms with Crippen LogP contribution in [-0.4, -0.2) is 26.2 Å². The zero-order valence-corrected chi connectivity index (χ0v) is 15.7. The van der Waals surface area contributed by atoms with Crippen molar-refractivity contribution < 1.29 is 14.3 Å². The van der Waals surface area contributed by atoms with Crippen molar-refractivity contribution in [2.45, 2.75) is 51.1 Å². The van der Waals surface area contributed by atoms with Crippen LogP contribution < -0.4 is 20.1 Å². The maximum absolute atomic E-state index is 12.3. The third-order valence-electron chi connectivity index (χ3n) is 4.69. The highest BCUT2D eigenvalue weighted by Crippen LogP contribution is 2.29. The molecule has 0 bridgehead atoms. The Labute approximate surface area is 155 Å². The number of nitriles is 1. The van der Waals surface area contributed by atoms with E-state index < -0.39 is 0 Å². The standard InChI is InChI=1S/C20H27N3O3/c1-14(15-9-10-18(25-2)19(11-15)26-3)22-13-16(12-21)20(24)23-17-7-5-4-6-8-17/h9-11,13-14,17,22H,4-8H2,1-3H3,(H,23,24)/b16-13-. The summed E-state index contributed by atoms with van der Waals surface area (Å²) in [6, 6.07) is 7.68. The number of hydrogen-bond acceptors (Lipinski definition) is 5. The Balaban J connectivity index is 2.01. The van der Waals surface area contributed by atoms with Gasteiger partial charge in [-0.15, -0.1) is 0 Å². The summed E-state index contributed by atoms with van der Waals surface area (Å²) in [5.41, 5.74) is 1.05. The van der Waals surface area contributed by atoms with E-state index in [1.54, 1.807) is 14.2 Å². The zero-order chi connectivity index (χ0) is 18.9. The SMILES string of the molecule is COc1ccc(C(C)N/C=C(/C#N)C(=O)NC2CCCCC2)cc1OC. The molecule has 6 heteroatoms. The van der Waals surface area contributed by atoms with Crippen LogP contribution >= 0.6 is 0 Å². The summed E-state index contributed by atoms with van der Waals surface area (Å²) in [5, 5.41) is 15.4. The Morgan fingerprint density at radius 1 is 1.23 bits per heavy atom. The number of ether oxygens (including phenoxy) is 2. The van der Waals surface area contributed by atoms with Gasteiger partial charge in [-0.2, -0.15) is 5.26 Å². The highest BCUT2D eigenvalue weighted by atomic mass is 16.5. The molecule has 0 heterocycles. The molecule has 1 amide bonds. The molecule has 1 aliphatic rings. The van der Waals surface area contributed by atoms with E-state index in [0.29, 0.717) is 11.5 Å². The fourth-order valence-electron chi connectivity index (χ4n) is 3.09. The van der Waals surface area contributed by atoms with Crippen molar-refractivity contribution in [3.8, 4) is 17.6 Å². The minimum atomic E-state index is -0.314. The molecule has 0 aliphatic heterocycles. The molecule has 1 unspecified atom stereocenters. The van der Waals surface area contributed by atoms with E-state index in [1.165, 1.54) is 12.6 Å². The summed E-state index contributed by atoms with van der Waals surface area (Å²) in [4.78, 5) is 12.3. The quantitative estimate of drug-likeness (QED) is 0.578. The van der Waals surface area contributed by atoms with E-state index in [1.807, 2.05) is 31.2 Å². The maximum atomic E-state index is 12.3. The number of rotatable bonds is 7. The summed E-state index contributed by atoms with van der Waals surface area (Å²) in [6.45, 7) is 1.95. The highest BCUT2D eigenvalue weighted by molar-refractivity contribution is 5.97. The van der Waals surface area contributed by atoms with Crippen molar-refractivity contribution >= 4 is 5.91 Å². The number of hydrogen-bond donors (Lipinski definition) is 2. The van der Waals surface area contributed by atoms with Crippen molar-refractivity contribution in [3.63, 3.8) is 0 Å². The van der Waals surface area contributed by atoms with Gasteiger partial charge >= 0.3 is 0 Å². The summed E-state index contributed by atoms with van der Waals surface area (Å²) >= 11 is 0. The average Bonchev–Trinajstić information content (AvgIpc) is 2.68. The normalized spacial score (nSPS) is 16.3. The van der Waals surface area contributed by atoms with Crippen LogP contribution in [0.3, 0.4) is 0 Å². The number of methoxy groups -OCH3 is 2. The number of amides is 1. The van der Waals surface area contributed by atoms with E-state index in [0.717, 1.165) is 31.2 Å². The molecule has 140 valence electrons. The topological polar surface area (TPSA) is 83.4 Å². The van der Waals surface area contributed by atoms with Gasteiger partial charge in [-0.3, -0.25) is 4.79 Å². The van der Waals surface area contributed by atoms with Gasteiger partial charge in [-0.1, -0.05) is 25.3 Å². The molecule has 1 fully saturated rings. The minimum absolute atomic E-state index is 0.0860. The van der Waals surface area contributed by atoms with Gasteiger partial charge in [0.15, 0.2) is 11.5 Å². The molecular weight excluding hydrogens is 330 g/mol. The predicted octanol–water partition coefficient (Wildman–Crippen LogP) is 3.21. The van der Waals surface area contributed by atoms with Gasteiger partial charge in [-0.25, -0.2) is 0 Å². The zero-order valence-electron chi connectivity index (χ0n) is 15.7. The van der Waals surface area contributed by atoms with Gasteiger partial charge in [0.2, 0.25) is 0 Å². The van der Waals surface area contributed by atoms with Gasteiger partial charge in [0, 0.05) is 18.3 Å². The van der Waals surface area contributed by atoms with Crippen molar-refractivity contribution in [1.29, 1.82) is 5.26 Å². The Kier molecular flexibility index (Phi) is 7.34. The molecule has 0 spiro atoms. The molecular formula is C20H27N3O3. The van der Waals surface area contributed by atoms with Crippen LogP contribution in [0.1, 0.15) is 50.6 Å². The van der Waals surface area contributed by atoms with E-state index in [9.17, 15) is 10.1 Å². The summed E-state index contributed by atoms with van der Waals surface area (Å²) in [7, 11) is 3.18. The summed E-state index contributed by atoms with van der Waals surface area (Å²) in [5.74, 6) is 0.980.